The molecular weight excluding hydrogens is 621 g/mol. The second-order valence-electron chi connectivity index (χ2n) is 8.35. The molecule has 0 saturated carbocycles. The third kappa shape index (κ3) is 8.91. The Morgan fingerprint density at radius 2 is 1.85 bits per heavy atom. The molecule has 0 spiro atoms. The predicted octanol–water partition coefficient (Wildman–Crippen LogP) is 5.42. The van der Waals surface area contributed by atoms with Gasteiger partial charge in [0.2, 0.25) is 0 Å². The van der Waals surface area contributed by atoms with Crippen LogP contribution in [-0.4, -0.2) is 43.9 Å². The van der Waals surface area contributed by atoms with Crippen LogP contribution in [0, 0.1) is 12.3 Å². The maximum absolute atomic E-state index is 13.1. The minimum Gasteiger partial charge on any atom is -0.493 e. The minimum atomic E-state index is -0.951. The summed E-state index contributed by atoms with van der Waals surface area (Å²) in [7, 11) is 1.50. The Morgan fingerprint density at radius 1 is 1.10 bits per heavy atom. The zero-order valence-electron chi connectivity index (χ0n) is 21.6. The molecule has 2 atom stereocenters. The number of terminal acetylenes is 1. The first-order valence-electron chi connectivity index (χ1n) is 11.9. The average molecular weight is 647 g/mol. The SMILES string of the molecule is C#CCOc1c(Br)cc(/C=N\NC(=O)[C@@H](Cc2ccccc2)NC(=O)[C@H](C)Oc2ccc(Cl)cc2Cl)cc1OC. The molecule has 0 bridgehead atoms. The van der Waals surface area contributed by atoms with Gasteiger partial charge in [-0.1, -0.05) is 59.5 Å². The molecule has 0 aliphatic rings. The summed E-state index contributed by atoms with van der Waals surface area (Å²) in [5, 5.41) is 7.51. The summed E-state index contributed by atoms with van der Waals surface area (Å²) >= 11 is 15.5. The van der Waals surface area contributed by atoms with Crippen molar-refractivity contribution >= 4 is 57.2 Å². The quantitative estimate of drug-likeness (QED) is 0.156. The van der Waals surface area contributed by atoms with Crippen molar-refractivity contribution in [2.75, 3.05) is 13.7 Å². The number of halogens is 3. The van der Waals surface area contributed by atoms with Crippen molar-refractivity contribution in [3.8, 4) is 29.6 Å². The largest absolute Gasteiger partial charge is 0.493 e. The fourth-order valence-electron chi connectivity index (χ4n) is 3.48. The molecule has 8 nitrogen and oxygen atoms in total. The molecule has 0 aromatic heterocycles. The molecule has 3 aromatic carbocycles. The van der Waals surface area contributed by atoms with Crippen LogP contribution >= 0.6 is 39.1 Å². The molecule has 11 heteroatoms. The number of ether oxygens (including phenoxy) is 3. The van der Waals surface area contributed by atoms with Gasteiger partial charge in [-0.3, -0.25) is 9.59 Å². The minimum absolute atomic E-state index is 0.0728. The smallest absolute Gasteiger partial charge is 0.262 e. The van der Waals surface area contributed by atoms with Crippen LogP contribution in [0.1, 0.15) is 18.1 Å². The first-order valence-corrected chi connectivity index (χ1v) is 13.5. The molecule has 3 aromatic rings. The van der Waals surface area contributed by atoms with Gasteiger partial charge in [-0.15, -0.1) is 6.42 Å². The Morgan fingerprint density at radius 3 is 2.52 bits per heavy atom. The van der Waals surface area contributed by atoms with Crippen molar-refractivity contribution in [2.45, 2.75) is 25.5 Å². The number of nitrogens with zero attached hydrogens (tertiary/aromatic N) is 1. The van der Waals surface area contributed by atoms with E-state index < -0.39 is 24.0 Å². The Balaban J connectivity index is 1.72. The van der Waals surface area contributed by atoms with Crippen molar-refractivity contribution in [1.29, 1.82) is 0 Å². The highest BCUT2D eigenvalue weighted by Crippen LogP contribution is 2.36. The normalized spacial score (nSPS) is 12.2. The van der Waals surface area contributed by atoms with Gasteiger partial charge in [0.25, 0.3) is 11.8 Å². The average Bonchev–Trinajstić information content (AvgIpc) is 2.93. The number of benzene rings is 3. The molecule has 0 heterocycles. The maximum Gasteiger partial charge on any atom is 0.262 e. The number of carbonyl (C=O) groups excluding carboxylic acids is 2. The third-order valence-corrected chi connectivity index (χ3v) is 6.54. The van der Waals surface area contributed by atoms with Gasteiger partial charge in [0, 0.05) is 11.4 Å². The van der Waals surface area contributed by atoms with E-state index >= 15 is 0 Å². The molecule has 208 valence electrons. The van der Waals surface area contributed by atoms with Crippen molar-refractivity contribution in [2.24, 2.45) is 5.10 Å². The van der Waals surface area contributed by atoms with Crippen LogP contribution in [0.5, 0.6) is 17.2 Å². The molecule has 0 fully saturated rings. The second kappa shape index (κ2) is 15.2. The summed E-state index contributed by atoms with van der Waals surface area (Å²) in [6.07, 6.45) is 5.98. The van der Waals surface area contributed by atoms with Crippen LogP contribution in [-0.2, 0) is 16.0 Å². The van der Waals surface area contributed by atoms with Crippen molar-refractivity contribution in [3.63, 3.8) is 0 Å². The highest BCUT2D eigenvalue weighted by Gasteiger charge is 2.25. The summed E-state index contributed by atoms with van der Waals surface area (Å²) in [6, 6.07) is 16.4. The van der Waals surface area contributed by atoms with Gasteiger partial charge >= 0.3 is 0 Å². The fourth-order valence-corrected chi connectivity index (χ4v) is 4.51. The maximum atomic E-state index is 13.1. The van der Waals surface area contributed by atoms with Gasteiger partial charge in [-0.25, -0.2) is 5.43 Å². The van der Waals surface area contributed by atoms with Gasteiger partial charge < -0.3 is 19.5 Å². The van der Waals surface area contributed by atoms with Gasteiger partial charge in [-0.05, 0) is 64.3 Å². The lowest BCUT2D eigenvalue weighted by atomic mass is 10.1. The first-order chi connectivity index (χ1) is 19.2. The Hall–Kier alpha value is -3.71. The Bertz CT molecular complexity index is 1410. The van der Waals surface area contributed by atoms with Gasteiger partial charge in [0.1, 0.15) is 18.4 Å². The number of nitrogens with one attached hydrogen (secondary N) is 2. The topological polar surface area (TPSA) is 98.2 Å². The number of hydrazone groups is 1. The zero-order valence-corrected chi connectivity index (χ0v) is 24.7. The number of rotatable bonds is 12. The van der Waals surface area contributed by atoms with Gasteiger partial charge in [-0.2, -0.15) is 5.10 Å². The Labute approximate surface area is 251 Å². The third-order valence-electron chi connectivity index (χ3n) is 5.42. The molecule has 0 aliphatic carbocycles. The molecule has 0 radical (unpaired) electrons. The van der Waals surface area contributed by atoms with E-state index in [1.807, 2.05) is 30.3 Å². The second-order valence-corrected chi connectivity index (χ2v) is 10.0. The van der Waals surface area contributed by atoms with E-state index in [0.717, 1.165) is 5.56 Å². The van der Waals surface area contributed by atoms with E-state index in [-0.39, 0.29) is 18.1 Å². The van der Waals surface area contributed by atoms with E-state index in [0.29, 0.717) is 32.3 Å². The summed E-state index contributed by atoms with van der Waals surface area (Å²) in [4.78, 5) is 26.1. The zero-order chi connectivity index (χ0) is 29.1. The molecule has 0 aliphatic heterocycles. The van der Waals surface area contributed by atoms with E-state index in [4.69, 9.17) is 43.8 Å². The summed E-state index contributed by atoms with van der Waals surface area (Å²) in [5.74, 6) is 2.54. The van der Waals surface area contributed by atoms with Gasteiger partial charge in [0.05, 0.1) is 22.8 Å². The van der Waals surface area contributed by atoms with Crippen molar-refractivity contribution in [3.05, 3.63) is 86.3 Å². The molecule has 3 rings (SSSR count). The van der Waals surface area contributed by atoms with E-state index in [2.05, 4.69) is 37.7 Å². The predicted molar refractivity (Wildman–Crippen MR) is 159 cm³/mol. The lowest BCUT2D eigenvalue weighted by Crippen LogP contribution is -2.50. The highest BCUT2D eigenvalue weighted by molar-refractivity contribution is 9.10. The number of amides is 2. The van der Waals surface area contributed by atoms with E-state index in [9.17, 15) is 9.59 Å². The number of carbonyl (C=O) groups is 2. The van der Waals surface area contributed by atoms with Crippen molar-refractivity contribution < 1.29 is 23.8 Å². The van der Waals surface area contributed by atoms with Crippen molar-refractivity contribution in [1.82, 2.24) is 10.7 Å². The fraction of sp³-hybridized carbons (Fsp3) is 0.207. The van der Waals surface area contributed by atoms with Crippen LogP contribution in [0.15, 0.2) is 70.2 Å². The molecule has 0 unspecified atom stereocenters. The van der Waals surface area contributed by atoms with E-state index in [1.54, 1.807) is 31.2 Å². The lowest BCUT2D eigenvalue weighted by Gasteiger charge is -2.21. The van der Waals surface area contributed by atoms with Crippen LogP contribution < -0.4 is 25.0 Å². The number of hydrogen-bond donors (Lipinski definition) is 2. The molecule has 2 N–H and O–H groups in total. The van der Waals surface area contributed by atoms with Crippen LogP contribution in [0.25, 0.3) is 0 Å². The highest BCUT2D eigenvalue weighted by atomic mass is 79.9. The lowest BCUT2D eigenvalue weighted by molar-refractivity contribution is -0.132. The number of methoxy groups -OCH3 is 1. The Kier molecular flexibility index (Phi) is 11.7. The van der Waals surface area contributed by atoms with Crippen LogP contribution in [0.2, 0.25) is 10.0 Å². The molecular formula is C29H26BrCl2N3O5. The number of hydrogen-bond acceptors (Lipinski definition) is 6. The molecule has 2 amide bonds. The van der Waals surface area contributed by atoms with Gasteiger partial charge in [0.15, 0.2) is 17.6 Å². The van der Waals surface area contributed by atoms with Crippen LogP contribution in [0.3, 0.4) is 0 Å². The van der Waals surface area contributed by atoms with Crippen LogP contribution in [0.4, 0.5) is 0 Å². The molecule has 0 saturated heterocycles. The van der Waals surface area contributed by atoms with E-state index in [1.165, 1.54) is 19.4 Å². The summed E-state index contributed by atoms with van der Waals surface area (Å²) < 4.78 is 17.2. The first kappa shape index (κ1) is 30.8. The monoisotopic (exact) mass is 645 g/mol. The summed E-state index contributed by atoms with van der Waals surface area (Å²) in [5.41, 5.74) is 3.95. The molecule has 40 heavy (non-hydrogen) atoms. The summed E-state index contributed by atoms with van der Waals surface area (Å²) in [6.45, 7) is 1.63. The standard InChI is InChI=1S/C29H26BrCl2N3O5/c1-4-12-39-27-22(30)13-20(15-26(27)38-3)17-33-35-29(37)24(14-19-8-6-5-7-9-19)34-28(36)18(2)40-25-11-10-21(31)16-23(25)32/h1,5-11,13,15-18,24H,12,14H2,2-3H3,(H,34,36)(H,35,37)/b33-17-/t18-,24+/m0/s1.